The summed E-state index contributed by atoms with van der Waals surface area (Å²) >= 11 is 0. The number of esters is 2. The van der Waals surface area contributed by atoms with Gasteiger partial charge < -0.3 is 24.8 Å². The van der Waals surface area contributed by atoms with Crippen molar-refractivity contribution in [1.82, 2.24) is 0 Å². The summed E-state index contributed by atoms with van der Waals surface area (Å²) in [6, 6.07) is 0. The summed E-state index contributed by atoms with van der Waals surface area (Å²) in [6.07, 6.45) is 1.85. The minimum absolute atomic E-state index is 0.0237. The zero-order chi connectivity index (χ0) is 30.4. The van der Waals surface area contributed by atoms with Gasteiger partial charge in [-0.15, -0.1) is 0 Å². The number of carbonyl (C=O) groups excluding carboxylic acids is 2. The van der Waals surface area contributed by atoms with Crippen LogP contribution in [0.3, 0.4) is 0 Å². The minimum atomic E-state index is -0.978. The summed E-state index contributed by atoms with van der Waals surface area (Å²) < 4.78 is 12.2. The van der Waals surface area contributed by atoms with Crippen molar-refractivity contribution < 1.29 is 34.4 Å². The number of aliphatic hydroxyl groups is 3. The highest BCUT2D eigenvalue weighted by Gasteiger charge is 2.73. The van der Waals surface area contributed by atoms with Crippen LogP contribution in [0.5, 0.6) is 0 Å². The van der Waals surface area contributed by atoms with E-state index in [1.165, 1.54) is 13.8 Å². The molecule has 5 aliphatic carbocycles. The molecule has 3 N–H and O–H groups in total. The third-order valence-corrected chi connectivity index (χ3v) is 13.5. The lowest BCUT2D eigenvalue weighted by molar-refractivity contribution is -0.238. The molecule has 5 rings (SSSR count). The van der Waals surface area contributed by atoms with Crippen LogP contribution in [0.4, 0.5) is 0 Å². The summed E-state index contributed by atoms with van der Waals surface area (Å²) in [5, 5.41) is 34.8. The zero-order valence-corrected chi connectivity index (χ0v) is 26.6. The Balaban J connectivity index is 1.61. The quantitative estimate of drug-likeness (QED) is 0.305. The van der Waals surface area contributed by atoms with Gasteiger partial charge in [-0.05, 0) is 72.5 Å². The Morgan fingerprint density at radius 1 is 0.951 bits per heavy atom. The Morgan fingerprint density at radius 2 is 1.59 bits per heavy atom. The predicted octanol–water partition coefficient (Wildman–Crippen LogP) is 4.91. The second-order valence-corrected chi connectivity index (χ2v) is 15.7. The highest BCUT2D eigenvalue weighted by Crippen LogP contribution is 2.71. The molecule has 4 fully saturated rings. The molecular weight excluding hydrogens is 520 g/mol. The maximum absolute atomic E-state index is 12.6. The molecule has 0 heterocycles. The smallest absolute Gasteiger partial charge is 0.303 e. The van der Waals surface area contributed by atoms with Gasteiger partial charge in [0.1, 0.15) is 12.2 Å². The molecule has 15 atom stereocenters. The van der Waals surface area contributed by atoms with Gasteiger partial charge in [-0.25, -0.2) is 0 Å². The Morgan fingerprint density at radius 3 is 2.17 bits per heavy atom. The predicted molar refractivity (Wildman–Crippen MR) is 155 cm³/mol. The van der Waals surface area contributed by atoms with Crippen molar-refractivity contribution >= 4 is 11.9 Å². The largest absolute Gasteiger partial charge is 0.462 e. The summed E-state index contributed by atoms with van der Waals surface area (Å²) in [5.74, 6) is 0.0762. The van der Waals surface area contributed by atoms with Crippen molar-refractivity contribution in [2.24, 2.45) is 63.6 Å². The van der Waals surface area contributed by atoms with Gasteiger partial charge in [0.05, 0.1) is 18.3 Å². The molecule has 0 bridgehead atoms. The Kier molecular flexibility index (Phi) is 7.81. The molecule has 5 aliphatic rings. The summed E-state index contributed by atoms with van der Waals surface area (Å²) in [6.45, 7) is 18.7. The Labute approximate surface area is 246 Å². The molecule has 0 amide bonds. The first-order valence-corrected chi connectivity index (χ1v) is 16.1. The first-order chi connectivity index (χ1) is 19.0. The molecule has 41 heavy (non-hydrogen) atoms. The maximum atomic E-state index is 12.6. The van der Waals surface area contributed by atoms with Gasteiger partial charge in [0.15, 0.2) is 0 Å². The fourth-order valence-electron chi connectivity index (χ4n) is 11.0. The Bertz CT molecular complexity index is 1080. The normalized spacial score (nSPS) is 50.1. The van der Waals surface area contributed by atoms with Crippen molar-refractivity contribution in [3.8, 4) is 0 Å². The van der Waals surface area contributed by atoms with Gasteiger partial charge in [0, 0.05) is 37.0 Å². The second-order valence-electron chi connectivity index (χ2n) is 15.7. The molecule has 0 aromatic heterocycles. The highest BCUT2D eigenvalue weighted by atomic mass is 16.6. The molecular formula is C34H54O7. The lowest BCUT2D eigenvalue weighted by atomic mass is 9.44. The molecule has 0 aromatic carbocycles. The standard InChI is InChI=1S/C34H54O7/c1-16(2)18(4)33(8)15-24(33)17(3)23-14-26(40-19(5)35)28-27-25(38)13-21-12-22(37)10-11-32(21,7)29(27)30(41-20(6)36)31(39)34(23,28)9/h13,16-18,22-31,37-39H,10-12,14-15H2,1-9H3/t17?,18?,22-,23+,24+,25?,26?,27?,28?,29?,30?,31+,32-,33+,34+/m0/s1. The zero-order valence-electron chi connectivity index (χ0n) is 26.6. The third kappa shape index (κ3) is 4.63. The fraction of sp³-hybridized carbons (Fsp3) is 0.882. The molecule has 7 heteroatoms. The van der Waals surface area contributed by atoms with Crippen LogP contribution in [0.25, 0.3) is 0 Å². The van der Waals surface area contributed by atoms with Crippen molar-refractivity contribution in [3.63, 3.8) is 0 Å². The van der Waals surface area contributed by atoms with Crippen molar-refractivity contribution in [3.05, 3.63) is 11.6 Å². The first-order valence-electron chi connectivity index (χ1n) is 16.1. The van der Waals surface area contributed by atoms with Crippen LogP contribution in [0.15, 0.2) is 11.6 Å². The van der Waals surface area contributed by atoms with E-state index < -0.39 is 47.3 Å². The molecule has 7 nitrogen and oxygen atoms in total. The number of fused-ring (bicyclic) bond motifs is 5. The highest BCUT2D eigenvalue weighted by molar-refractivity contribution is 5.67. The van der Waals surface area contributed by atoms with E-state index in [0.29, 0.717) is 43.4 Å². The van der Waals surface area contributed by atoms with Crippen LogP contribution in [-0.2, 0) is 19.1 Å². The molecule has 0 spiro atoms. The first kappa shape index (κ1) is 31.0. The number of carbonyl (C=O) groups is 2. The van der Waals surface area contributed by atoms with E-state index in [2.05, 4.69) is 48.5 Å². The van der Waals surface area contributed by atoms with E-state index in [0.717, 1.165) is 12.0 Å². The molecule has 0 aromatic rings. The van der Waals surface area contributed by atoms with E-state index in [1.807, 2.05) is 6.08 Å². The summed E-state index contributed by atoms with van der Waals surface area (Å²) in [7, 11) is 0. The molecule has 0 aliphatic heterocycles. The van der Waals surface area contributed by atoms with E-state index in [4.69, 9.17) is 9.47 Å². The number of aliphatic hydroxyl groups excluding tert-OH is 3. The second kappa shape index (κ2) is 10.3. The van der Waals surface area contributed by atoms with E-state index in [1.54, 1.807) is 0 Å². The van der Waals surface area contributed by atoms with E-state index in [9.17, 15) is 24.9 Å². The van der Waals surface area contributed by atoms with E-state index in [-0.39, 0.29) is 41.0 Å². The molecule has 0 radical (unpaired) electrons. The molecule has 232 valence electrons. The van der Waals surface area contributed by atoms with Crippen LogP contribution < -0.4 is 0 Å². The van der Waals surface area contributed by atoms with Crippen molar-refractivity contribution in [1.29, 1.82) is 0 Å². The molecule has 8 unspecified atom stereocenters. The third-order valence-electron chi connectivity index (χ3n) is 13.5. The maximum Gasteiger partial charge on any atom is 0.303 e. The van der Waals surface area contributed by atoms with Gasteiger partial charge in [-0.2, -0.15) is 0 Å². The number of rotatable bonds is 6. The number of hydrogen-bond donors (Lipinski definition) is 3. The lowest BCUT2D eigenvalue weighted by Crippen LogP contribution is -2.68. The van der Waals surface area contributed by atoms with Crippen LogP contribution >= 0.6 is 0 Å². The summed E-state index contributed by atoms with van der Waals surface area (Å²) in [4.78, 5) is 25.0. The average molecular weight is 575 g/mol. The van der Waals surface area contributed by atoms with Crippen LogP contribution in [-0.4, -0.2) is 57.8 Å². The SMILES string of the molecule is CC(=O)OC1C[C@H](C(C)[C@H]2C[C@]2(C)C(C)C(C)C)[C@]2(C)C1C1C(O)C=C3C[C@@H](O)CC[C@]3(C)C1C(OC(C)=O)[C@H]2O. The van der Waals surface area contributed by atoms with Gasteiger partial charge in [-0.3, -0.25) is 9.59 Å². The van der Waals surface area contributed by atoms with Gasteiger partial charge in [0.2, 0.25) is 0 Å². The lowest BCUT2D eigenvalue weighted by Gasteiger charge is -2.63. The van der Waals surface area contributed by atoms with Crippen molar-refractivity contribution in [2.75, 3.05) is 0 Å². The van der Waals surface area contributed by atoms with Crippen LogP contribution in [0, 0.1) is 63.6 Å². The fourth-order valence-corrected chi connectivity index (χ4v) is 11.0. The van der Waals surface area contributed by atoms with E-state index >= 15 is 0 Å². The average Bonchev–Trinajstić information content (AvgIpc) is 3.48. The monoisotopic (exact) mass is 574 g/mol. The number of ether oxygens (including phenoxy) is 2. The topological polar surface area (TPSA) is 113 Å². The minimum Gasteiger partial charge on any atom is -0.462 e. The van der Waals surface area contributed by atoms with Gasteiger partial charge in [0.25, 0.3) is 0 Å². The molecule has 0 saturated heterocycles. The number of hydrogen-bond acceptors (Lipinski definition) is 7. The van der Waals surface area contributed by atoms with Crippen LogP contribution in [0.1, 0.15) is 94.4 Å². The van der Waals surface area contributed by atoms with Crippen molar-refractivity contribution in [2.45, 2.75) is 125 Å². The van der Waals surface area contributed by atoms with Gasteiger partial charge >= 0.3 is 11.9 Å². The molecule has 4 saturated carbocycles. The van der Waals surface area contributed by atoms with Crippen LogP contribution in [0.2, 0.25) is 0 Å². The Hall–Kier alpha value is -1.44. The summed E-state index contributed by atoms with van der Waals surface area (Å²) in [5.41, 5.74) is -0.00389. The van der Waals surface area contributed by atoms with Gasteiger partial charge in [-0.1, -0.05) is 60.1 Å².